The molecule has 1 aromatic rings. The zero-order valence-electron chi connectivity index (χ0n) is 11.2. The van der Waals surface area contributed by atoms with Gasteiger partial charge in [0.2, 0.25) is 0 Å². The molecule has 18 heavy (non-hydrogen) atoms. The second-order valence-corrected chi connectivity index (χ2v) is 4.90. The number of carbonyl (C=O) groups excluding carboxylic acids is 1. The van der Waals surface area contributed by atoms with Crippen LogP contribution < -0.4 is 5.32 Å². The number of piperazine rings is 1. The lowest BCUT2D eigenvalue weighted by Crippen LogP contribution is -2.57. The Labute approximate surface area is 109 Å². The Morgan fingerprint density at radius 2 is 2.00 bits per heavy atom. The van der Waals surface area contributed by atoms with Crippen molar-refractivity contribution in [3.05, 3.63) is 35.9 Å². The lowest BCUT2D eigenvalue weighted by molar-refractivity contribution is 0.0576. The fourth-order valence-electron chi connectivity index (χ4n) is 2.50. The molecule has 1 amide bonds. The number of nitrogens with one attached hydrogen (secondary N) is 1. The van der Waals surface area contributed by atoms with E-state index in [4.69, 9.17) is 0 Å². The SMILES string of the molecule is CCC1CN(C(=O)c2ccccc2)C(CC)CN1. The summed E-state index contributed by atoms with van der Waals surface area (Å²) in [5.41, 5.74) is 0.799. The normalized spacial score (nSPS) is 24.0. The molecular weight excluding hydrogens is 224 g/mol. The van der Waals surface area contributed by atoms with Crippen LogP contribution in [0.15, 0.2) is 30.3 Å². The van der Waals surface area contributed by atoms with Crippen LogP contribution >= 0.6 is 0 Å². The lowest BCUT2D eigenvalue weighted by Gasteiger charge is -2.40. The average molecular weight is 246 g/mol. The first-order chi connectivity index (χ1) is 8.76. The molecule has 1 heterocycles. The predicted octanol–water partition coefficient (Wildman–Crippen LogP) is 2.29. The Bertz CT molecular complexity index is 391. The number of hydrogen-bond donors (Lipinski definition) is 1. The van der Waals surface area contributed by atoms with Gasteiger partial charge >= 0.3 is 0 Å². The number of hydrogen-bond acceptors (Lipinski definition) is 2. The van der Waals surface area contributed by atoms with Gasteiger partial charge in [0, 0.05) is 30.7 Å². The van der Waals surface area contributed by atoms with Crippen LogP contribution in [0.5, 0.6) is 0 Å². The van der Waals surface area contributed by atoms with Crippen molar-refractivity contribution in [1.82, 2.24) is 10.2 Å². The van der Waals surface area contributed by atoms with Crippen LogP contribution in [0.2, 0.25) is 0 Å². The number of nitrogens with zero attached hydrogens (tertiary/aromatic N) is 1. The highest BCUT2D eigenvalue weighted by atomic mass is 16.2. The Kier molecular flexibility index (Phi) is 4.37. The molecule has 3 nitrogen and oxygen atoms in total. The summed E-state index contributed by atoms with van der Waals surface area (Å²) < 4.78 is 0. The van der Waals surface area contributed by atoms with Gasteiger partial charge in [0.25, 0.3) is 5.91 Å². The molecule has 0 aliphatic carbocycles. The standard InChI is InChI=1S/C15H22N2O/c1-3-13-11-17(14(4-2)10-16-13)15(18)12-8-6-5-7-9-12/h5-9,13-14,16H,3-4,10-11H2,1-2H3. The Balaban J connectivity index is 2.15. The van der Waals surface area contributed by atoms with Gasteiger partial charge in [-0.3, -0.25) is 4.79 Å². The van der Waals surface area contributed by atoms with E-state index in [-0.39, 0.29) is 5.91 Å². The van der Waals surface area contributed by atoms with E-state index in [2.05, 4.69) is 19.2 Å². The summed E-state index contributed by atoms with van der Waals surface area (Å²) in [4.78, 5) is 14.6. The van der Waals surface area contributed by atoms with Gasteiger partial charge in [-0.25, -0.2) is 0 Å². The Morgan fingerprint density at radius 3 is 2.61 bits per heavy atom. The van der Waals surface area contributed by atoms with Gasteiger partial charge in [-0.1, -0.05) is 32.0 Å². The fourth-order valence-corrected chi connectivity index (χ4v) is 2.50. The molecule has 1 aromatic carbocycles. The number of benzene rings is 1. The van der Waals surface area contributed by atoms with Gasteiger partial charge in [0.05, 0.1) is 0 Å². The molecule has 2 rings (SSSR count). The molecular formula is C15H22N2O. The first kappa shape index (κ1) is 13.1. The van der Waals surface area contributed by atoms with Crippen molar-refractivity contribution >= 4 is 5.91 Å². The third-order valence-corrected chi connectivity index (χ3v) is 3.75. The van der Waals surface area contributed by atoms with E-state index in [0.717, 1.165) is 31.5 Å². The third-order valence-electron chi connectivity index (χ3n) is 3.75. The minimum Gasteiger partial charge on any atom is -0.333 e. The van der Waals surface area contributed by atoms with Crippen molar-refractivity contribution in [2.75, 3.05) is 13.1 Å². The molecule has 0 spiro atoms. The van der Waals surface area contributed by atoms with Gasteiger partial charge in [-0.15, -0.1) is 0 Å². The van der Waals surface area contributed by atoms with E-state index in [0.29, 0.717) is 12.1 Å². The molecule has 1 saturated heterocycles. The molecule has 98 valence electrons. The predicted molar refractivity (Wildman–Crippen MR) is 73.6 cm³/mol. The maximum absolute atomic E-state index is 12.5. The second-order valence-electron chi connectivity index (χ2n) is 4.90. The molecule has 1 aliphatic heterocycles. The van der Waals surface area contributed by atoms with Crippen LogP contribution in [-0.2, 0) is 0 Å². The summed E-state index contributed by atoms with van der Waals surface area (Å²) >= 11 is 0. The van der Waals surface area contributed by atoms with Crippen LogP contribution in [0.3, 0.4) is 0 Å². The molecule has 0 saturated carbocycles. The van der Waals surface area contributed by atoms with E-state index in [1.54, 1.807) is 0 Å². The summed E-state index contributed by atoms with van der Waals surface area (Å²) in [6, 6.07) is 10.3. The van der Waals surface area contributed by atoms with E-state index in [9.17, 15) is 4.79 Å². The number of amides is 1. The van der Waals surface area contributed by atoms with Gasteiger partial charge in [-0.05, 0) is 25.0 Å². The van der Waals surface area contributed by atoms with Crippen molar-refractivity contribution in [3.8, 4) is 0 Å². The zero-order valence-corrected chi connectivity index (χ0v) is 11.2. The molecule has 1 N–H and O–H groups in total. The summed E-state index contributed by atoms with van der Waals surface area (Å²) in [6.07, 6.45) is 2.07. The molecule has 3 heteroatoms. The van der Waals surface area contributed by atoms with Crippen molar-refractivity contribution < 1.29 is 4.79 Å². The summed E-state index contributed by atoms with van der Waals surface area (Å²) in [5, 5.41) is 3.51. The minimum absolute atomic E-state index is 0.169. The average Bonchev–Trinajstić information content (AvgIpc) is 2.46. The minimum atomic E-state index is 0.169. The monoisotopic (exact) mass is 246 g/mol. The quantitative estimate of drug-likeness (QED) is 0.887. The molecule has 0 aromatic heterocycles. The van der Waals surface area contributed by atoms with E-state index in [1.807, 2.05) is 35.2 Å². The molecule has 0 radical (unpaired) electrons. The fraction of sp³-hybridized carbons (Fsp3) is 0.533. The molecule has 0 bridgehead atoms. The molecule has 2 atom stereocenters. The zero-order chi connectivity index (χ0) is 13.0. The lowest BCUT2D eigenvalue weighted by atomic mass is 10.0. The molecule has 1 aliphatic rings. The van der Waals surface area contributed by atoms with Crippen LogP contribution in [0.25, 0.3) is 0 Å². The number of carbonyl (C=O) groups is 1. The van der Waals surface area contributed by atoms with Crippen LogP contribution in [0.1, 0.15) is 37.0 Å². The van der Waals surface area contributed by atoms with Gasteiger partial charge < -0.3 is 10.2 Å². The smallest absolute Gasteiger partial charge is 0.254 e. The van der Waals surface area contributed by atoms with Crippen molar-refractivity contribution in [1.29, 1.82) is 0 Å². The first-order valence-corrected chi connectivity index (χ1v) is 6.85. The topological polar surface area (TPSA) is 32.3 Å². The highest BCUT2D eigenvalue weighted by Crippen LogP contribution is 2.16. The van der Waals surface area contributed by atoms with Crippen LogP contribution in [0, 0.1) is 0 Å². The summed E-state index contributed by atoms with van der Waals surface area (Å²) in [7, 11) is 0. The first-order valence-electron chi connectivity index (χ1n) is 6.85. The highest BCUT2D eigenvalue weighted by Gasteiger charge is 2.29. The second kappa shape index (κ2) is 6.01. The van der Waals surface area contributed by atoms with Gasteiger partial charge in [0.1, 0.15) is 0 Å². The van der Waals surface area contributed by atoms with E-state index < -0.39 is 0 Å². The van der Waals surface area contributed by atoms with Crippen molar-refractivity contribution in [2.24, 2.45) is 0 Å². The van der Waals surface area contributed by atoms with E-state index >= 15 is 0 Å². The van der Waals surface area contributed by atoms with Crippen molar-refractivity contribution in [3.63, 3.8) is 0 Å². The van der Waals surface area contributed by atoms with E-state index in [1.165, 1.54) is 0 Å². The third kappa shape index (κ3) is 2.72. The summed E-state index contributed by atoms with van der Waals surface area (Å²) in [6.45, 7) is 6.04. The van der Waals surface area contributed by atoms with Crippen LogP contribution in [-0.4, -0.2) is 36.0 Å². The van der Waals surface area contributed by atoms with Crippen LogP contribution in [0.4, 0.5) is 0 Å². The maximum atomic E-state index is 12.5. The van der Waals surface area contributed by atoms with Crippen molar-refractivity contribution in [2.45, 2.75) is 38.8 Å². The Morgan fingerprint density at radius 1 is 1.28 bits per heavy atom. The molecule has 1 fully saturated rings. The summed E-state index contributed by atoms with van der Waals surface area (Å²) in [5.74, 6) is 0.169. The maximum Gasteiger partial charge on any atom is 0.254 e. The molecule has 2 unspecified atom stereocenters. The van der Waals surface area contributed by atoms with Gasteiger partial charge in [-0.2, -0.15) is 0 Å². The largest absolute Gasteiger partial charge is 0.333 e. The Hall–Kier alpha value is -1.35. The highest BCUT2D eigenvalue weighted by molar-refractivity contribution is 5.94. The number of rotatable bonds is 3. The van der Waals surface area contributed by atoms with Gasteiger partial charge in [0.15, 0.2) is 0 Å².